The van der Waals surface area contributed by atoms with Gasteiger partial charge in [-0.2, -0.15) is 0 Å². The minimum atomic E-state index is 0.416. The highest BCUT2D eigenvalue weighted by Crippen LogP contribution is 2.10. The van der Waals surface area contributed by atoms with E-state index in [9.17, 15) is 0 Å². The van der Waals surface area contributed by atoms with Gasteiger partial charge in [-0.25, -0.2) is 4.98 Å². The average Bonchev–Trinajstić information content (AvgIpc) is 2.53. The molecule has 1 atom stereocenters. The molecule has 5 nitrogen and oxygen atoms in total. The first-order valence-corrected chi connectivity index (χ1v) is 7.81. The third-order valence-electron chi connectivity index (χ3n) is 3.58. The lowest BCUT2D eigenvalue weighted by molar-refractivity contribution is 0.624. The predicted octanol–water partition coefficient (Wildman–Crippen LogP) is 2.39. The predicted molar refractivity (Wildman–Crippen MR) is 90.9 cm³/mol. The fourth-order valence-corrected chi connectivity index (χ4v) is 1.97. The maximum Gasteiger partial charge on any atom is 0.191 e. The van der Waals surface area contributed by atoms with Crippen molar-refractivity contribution in [2.75, 3.05) is 25.0 Å². The number of aliphatic imine (C=N–C) groups is 1. The number of anilines is 1. The lowest BCUT2D eigenvalue weighted by atomic mass is 10.2. The minimum Gasteiger partial charge on any atom is -0.357 e. The molecule has 0 bridgehead atoms. The molecule has 0 aliphatic rings. The van der Waals surface area contributed by atoms with Gasteiger partial charge in [0.1, 0.15) is 5.82 Å². The lowest BCUT2D eigenvalue weighted by Crippen LogP contribution is -2.41. The van der Waals surface area contributed by atoms with Crippen LogP contribution in [0.5, 0.6) is 0 Å². The van der Waals surface area contributed by atoms with Gasteiger partial charge in [-0.15, -0.1) is 0 Å². The van der Waals surface area contributed by atoms with Gasteiger partial charge in [0.25, 0.3) is 0 Å². The van der Waals surface area contributed by atoms with Crippen molar-refractivity contribution >= 4 is 11.8 Å². The zero-order valence-corrected chi connectivity index (χ0v) is 14.0. The molecule has 0 aromatic carbocycles. The first kappa shape index (κ1) is 17.3. The molecule has 0 aliphatic heterocycles. The molecule has 0 fully saturated rings. The van der Waals surface area contributed by atoms with Crippen molar-refractivity contribution in [3.05, 3.63) is 23.9 Å². The van der Waals surface area contributed by atoms with Crippen LogP contribution in [0, 0.1) is 0 Å². The highest BCUT2D eigenvalue weighted by molar-refractivity contribution is 5.79. The number of nitrogens with one attached hydrogen (secondary N) is 2. The van der Waals surface area contributed by atoms with Gasteiger partial charge in [-0.05, 0) is 38.8 Å². The molecule has 0 radical (unpaired) electrons. The van der Waals surface area contributed by atoms with Gasteiger partial charge in [-0.3, -0.25) is 4.99 Å². The van der Waals surface area contributed by atoms with Gasteiger partial charge in [0.2, 0.25) is 0 Å². The summed E-state index contributed by atoms with van der Waals surface area (Å²) in [6.45, 7) is 11.3. The fourth-order valence-electron chi connectivity index (χ4n) is 1.97. The Kier molecular flexibility index (Phi) is 7.58. The number of aromatic nitrogens is 1. The molecule has 1 aromatic heterocycles. The van der Waals surface area contributed by atoms with E-state index in [-0.39, 0.29) is 0 Å². The van der Waals surface area contributed by atoms with Gasteiger partial charge in [0.15, 0.2) is 5.96 Å². The summed E-state index contributed by atoms with van der Waals surface area (Å²) in [6.07, 6.45) is 3.00. The smallest absolute Gasteiger partial charge is 0.191 e. The summed E-state index contributed by atoms with van der Waals surface area (Å²) < 4.78 is 0. The zero-order valence-electron chi connectivity index (χ0n) is 14.0. The number of hydrogen-bond donors (Lipinski definition) is 2. The SMILES string of the molecule is CCC(C)NC(=NC)NCc1ccc(N(CC)CC)nc1. The lowest BCUT2D eigenvalue weighted by Gasteiger charge is -2.20. The van der Waals surface area contributed by atoms with Gasteiger partial charge in [-0.1, -0.05) is 13.0 Å². The van der Waals surface area contributed by atoms with Crippen LogP contribution >= 0.6 is 0 Å². The number of hydrogen-bond acceptors (Lipinski definition) is 3. The van der Waals surface area contributed by atoms with Crippen molar-refractivity contribution in [3.63, 3.8) is 0 Å². The topological polar surface area (TPSA) is 52.6 Å². The summed E-state index contributed by atoms with van der Waals surface area (Å²) in [4.78, 5) is 11.0. The van der Waals surface area contributed by atoms with Crippen LogP contribution < -0.4 is 15.5 Å². The van der Waals surface area contributed by atoms with Gasteiger partial charge in [0.05, 0.1) is 0 Å². The second kappa shape index (κ2) is 9.21. The van der Waals surface area contributed by atoms with Crippen LogP contribution in [0.2, 0.25) is 0 Å². The maximum atomic E-state index is 4.53. The van der Waals surface area contributed by atoms with E-state index in [2.05, 4.69) is 65.3 Å². The van der Waals surface area contributed by atoms with Crippen molar-refractivity contribution < 1.29 is 0 Å². The van der Waals surface area contributed by atoms with Crippen LogP contribution in [0.3, 0.4) is 0 Å². The van der Waals surface area contributed by atoms with Crippen LogP contribution in [0.25, 0.3) is 0 Å². The first-order valence-electron chi connectivity index (χ1n) is 7.81. The molecule has 21 heavy (non-hydrogen) atoms. The summed E-state index contributed by atoms with van der Waals surface area (Å²) in [6, 6.07) is 4.61. The number of rotatable bonds is 7. The van der Waals surface area contributed by atoms with Gasteiger partial charge in [0, 0.05) is 38.9 Å². The van der Waals surface area contributed by atoms with Crippen LogP contribution in [0.4, 0.5) is 5.82 Å². The van der Waals surface area contributed by atoms with E-state index in [0.29, 0.717) is 6.04 Å². The zero-order chi connectivity index (χ0) is 15.7. The minimum absolute atomic E-state index is 0.416. The van der Waals surface area contributed by atoms with Crippen molar-refractivity contribution in [3.8, 4) is 0 Å². The standard InChI is InChI=1S/C16H29N5/c1-6-13(4)20-16(17-5)19-12-14-9-10-15(18-11-14)21(7-2)8-3/h9-11,13H,6-8,12H2,1-5H3,(H2,17,19,20). The molecule has 0 spiro atoms. The Hall–Kier alpha value is -1.78. The van der Waals surface area contributed by atoms with E-state index < -0.39 is 0 Å². The summed E-state index contributed by atoms with van der Waals surface area (Å²) >= 11 is 0. The Morgan fingerprint density at radius 1 is 1.29 bits per heavy atom. The number of nitrogens with zero attached hydrogens (tertiary/aromatic N) is 3. The molecule has 1 aromatic rings. The van der Waals surface area contributed by atoms with Gasteiger partial charge < -0.3 is 15.5 Å². The van der Waals surface area contributed by atoms with E-state index >= 15 is 0 Å². The average molecular weight is 291 g/mol. The third kappa shape index (κ3) is 5.61. The van der Waals surface area contributed by atoms with E-state index in [0.717, 1.165) is 43.4 Å². The van der Waals surface area contributed by atoms with Crippen LogP contribution in [0.15, 0.2) is 23.3 Å². The molecule has 0 saturated heterocycles. The second-order valence-corrected chi connectivity index (χ2v) is 5.08. The molecule has 118 valence electrons. The molecular formula is C16H29N5. The van der Waals surface area contributed by atoms with E-state index in [1.54, 1.807) is 7.05 Å². The van der Waals surface area contributed by atoms with E-state index in [1.165, 1.54) is 0 Å². The first-order chi connectivity index (χ1) is 10.1. The number of pyridine rings is 1. The summed E-state index contributed by atoms with van der Waals surface area (Å²) in [5.41, 5.74) is 1.15. The summed E-state index contributed by atoms with van der Waals surface area (Å²) in [5.74, 6) is 1.86. The largest absolute Gasteiger partial charge is 0.357 e. The summed E-state index contributed by atoms with van der Waals surface area (Å²) in [5, 5.41) is 6.66. The monoisotopic (exact) mass is 291 g/mol. The second-order valence-electron chi connectivity index (χ2n) is 5.08. The quantitative estimate of drug-likeness (QED) is 0.598. The fraction of sp³-hybridized carbons (Fsp3) is 0.625. The van der Waals surface area contributed by atoms with Crippen molar-refractivity contribution in [2.24, 2.45) is 4.99 Å². The Morgan fingerprint density at radius 2 is 2.00 bits per heavy atom. The molecule has 1 heterocycles. The highest BCUT2D eigenvalue weighted by Gasteiger charge is 2.05. The number of guanidine groups is 1. The Balaban J connectivity index is 2.55. The maximum absolute atomic E-state index is 4.53. The molecule has 2 N–H and O–H groups in total. The van der Waals surface area contributed by atoms with Crippen molar-refractivity contribution in [1.82, 2.24) is 15.6 Å². The molecule has 5 heteroatoms. The Labute approximate surface area is 128 Å². The molecule has 1 rings (SSSR count). The molecule has 0 amide bonds. The van der Waals surface area contributed by atoms with Gasteiger partial charge >= 0.3 is 0 Å². The third-order valence-corrected chi connectivity index (χ3v) is 3.58. The van der Waals surface area contributed by atoms with Crippen LogP contribution in [-0.4, -0.2) is 37.1 Å². The van der Waals surface area contributed by atoms with E-state index in [4.69, 9.17) is 0 Å². The van der Waals surface area contributed by atoms with Crippen molar-refractivity contribution in [1.29, 1.82) is 0 Å². The van der Waals surface area contributed by atoms with Crippen LogP contribution in [-0.2, 0) is 6.54 Å². The Morgan fingerprint density at radius 3 is 2.48 bits per heavy atom. The molecule has 0 saturated carbocycles. The normalized spacial score (nSPS) is 12.9. The summed E-state index contributed by atoms with van der Waals surface area (Å²) in [7, 11) is 1.79. The molecule has 1 unspecified atom stereocenters. The Bertz CT molecular complexity index is 423. The molecule has 0 aliphatic carbocycles. The van der Waals surface area contributed by atoms with Crippen LogP contribution in [0.1, 0.15) is 39.7 Å². The highest BCUT2D eigenvalue weighted by atomic mass is 15.2. The van der Waals surface area contributed by atoms with E-state index in [1.807, 2.05) is 6.20 Å². The van der Waals surface area contributed by atoms with Crippen molar-refractivity contribution in [2.45, 2.75) is 46.7 Å². The molecular weight excluding hydrogens is 262 g/mol.